The van der Waals surface area contributed by atoms with Crippen LogP contribution in [0, 0.1) is 13.8 Å². The fraction of sp³-hybridized carbons (Fsp3) is 0.375. The summed E-state index contributed by atoms with van der Waals surface area (Å²) in [5, 5.41) is 10.2. The summed E-state index contributed by atoms with van der Waals surface area (Å²) in [5.74, 6) is -1.38. The first-order valence-corrected chi connectivity index (χ1v) is 6.76. The topological polar surface area (TPSA) is 73.4 Å². The number of fused-ring (bicyclic) bond motifs is 1. The molecule has 1 amide bonds. The third-order valence-electron chi connectivity index (χ3n) is 4.24. The van der Waals surface area contributed by atoms with E-state index in [4.69, 9.17) is 0 Å². The average molecular weight is 288 g/mol. The maximum absolute atomic E-state index is 12.5. The van der Waals surface area contributed by atoms with Crippen molar-refractivity contribution in [2.75, 3.05) is 7.05 Å². The first-order valence-electron chi connectivity index (χ1n) is 6.76. The number of carboxylic acid groups (broad SMARTS) is 1. The Morgan fingerprint density at radius 1 is 1.24 bits per heavy atom. The molecule has 0 saturated heterocycles. The molecule has 0 aliphatic carbocycles. The number of aryl methyl sites for hydroxylation is 2. The molecule has 0 fully saturated rings. The van der Waals surface area contributed by atoms with Gasteiger partial charge in [-0.3, -0.25) is 4.79 Å². The quantitative estimate of drug-likeness (QED) is 0.912. The Labute approximate surface area is 123 Å². The van der Waals surface area contributed by atoms with Gasteiger partial charge in [-0.15, -0.1) is 0 Å². The van der Waals surface area contributed by atoms with Crippen LogP contribution in [0.3, 0.4) is 0 Å². The maximum Gasteiger partial charge on any atom is 0.329 e. The predicted molar refractivity (Wildman–Crippen MR) is 81.6 cm³/mol. The number of hydrogen-bond acceptors (Lipinski definition) is 2. The molecule has 112 valence electrons. The molecule has 0 atom stereocenters. The van der Waals surface area contributed by atoms with Crippen molar-refractivity contribution < 1.29 is 14.7 Å². The van der Waals surface area contributed by atoms with E-state index < -0.39 is 11.5 Å². The van der Waals surface area contributed by atoms with Crippen LogP contribution in [0.4, 0.5) is 0 Å². The number of carbonyl (C=O) groups excluding carboxylic acids is 1. The first kappa shape index (κ1) is 15.1. The lowest BCUT2D eigenvalue weighted by Gasteiger charge is -2.31. The monoisotopic (exact) mass is 288 g/mol. The Hall–Kier alpha value is -2.30. The number of carbonyl (C=O) groups is 2. The van der Waals surface area contributed by atoms with Crippen LogP contribution in [-0.2, 0) is 4.79 Å². The van der Waals surface area contributed by atoms with E-state index in [1.165, 1.54) is 25.8 Å². The Morgan fingerprint density at radius 2 is 1.86 bits per heavy atom. The number of aliphatic carboxylic acids is 1. The summed E-state index contributed by atoms with van der Waals surface area (Å²) in [6, 6.07) is 5.71. The first-order chi connectivity index (χ1) is 9.66. The van der Waals surface area contributed by atoms with E-state index in [1.807, 2.05) is 26.0 Å². The summed E-state index contributed by atoms with van der Waals surface area (Å²) >= 11 is 0. The van der Waals surface area contributed by atoms with Gasteiger partial charge in [0.1, 0.15) is 11.2 Å². The van der Waals surface area contributed by atoms with E-state index in [2.05, 4.69) is 4.98 Å². The van der Waals surface area contributed by atoms with Crippen LogP contribution in [0.1, 0.15) is 35.5 Å². The standard InChI is InChI=1S/C16H20N2O3/c1-9-6-7-12-11(10(9)2)8-13(17-12)14(19)18(5)16(3,4)15(20)21/h6-8,17H,1-5H3,(H,20,21). The fourth-order valence-corrected chi connectivity index (χ4v) is 2.15. The number of nitrogens with zero attached hydrogens (tertiary/aromatic N) is 1. The molecular formula is C16H20N2O3. The highest BCUT2D eigenvalue weighted by atomic mass is 16.4. The zero-order valence-electron chi connectivity index (χ0n) is 12.9. The van der Waals surface area contributed by atoms with Crippen LogP contribution in [0.5, 0.6) is 0 Å². The molecule has 0 radical (unpaired) electrons. The molecule has 0 unspecified atom stereocenters. The molecule has 0 aliphatic rings. The number of rotatable bonds is 3. The van der Waals surface area contributed by atoms with Crippen molar-refractivity contribution >= 4 is 22.8 Å². The van der Waals surface area contributed by atoms with Gasteiger partial charge in [0.05, 0.1) is 0 Å². The number of aromatic nitrogens is 1. The zero-order valence-corrected chi connectivity index (χ0v) is 12.9. The number of likely N-dealkylation sites (N-methyl/N-ethyl adjacent to an activating group) is 1. The summed E-state index contributed by atoms with van der Waals surface area (Å²) in [6.45, 7) is 7.03. The molecule has 0 bridgehead atoms. The van der Waals surface area contributed by atoms with Crippen LogP contribution >= 0.6 is 0 Å². The van der Waals surface area contributed by atoms with Crippen molar-refractivity contribution in [3.63, 3.8) is 0 Å². The van der Waals surface area contributed by atoms with Gasteiger partial charge in [-0.1, -0.05) is 6.07 Å². The number of carboxylic acids is 1. The summed E-state index contributed by atoms with van der Waals surface area (Å²) in [4.78, 5) is 28.1. The van der Waals surface area contributed by atoms with E-state index >= 15 is 0 Å². The second-order valence-electron chi connectivity index (χ2n) is 5.88. The molecule has 0 aliphatic heterocycles. The van der Waals surface area contributed by atoms with Crippen molar-refractivity contribution in [2.45, 2.75) is 33.2 Å². The van der Waals surface area contributed by atoms with Gasteiger partial charge in [0.15, 0.2) is 0 Å². The number of benzene rings is 1. The highest BCUT2D eigenvalue weighted by molar-refractivity contribution is 6.01. The van der Waals surface area contributed by atoms with Crippen LogP contribution < -0.4 is 0 Å². The molecule has 21 heavy (non-hydrogen) atoms. The van der Waals surface area contributed by atoms with Gasteiger partial charge in [0.25, 0.3) is 5.91 Å². The summed E-state index contributed by atoms with van der Waals surface area (Å²) in [6.07, 6.45) is 0. The van der Waals surface area contributed by atoms with Gasteiger partial charge in [0.2, 0.25) is 0 Å². The van der Waals surface area contributed by atoms with Crippen LogP contribution in [0.25, 0.3) is 10.9 Å². The van der Waals surface area contributed by atoms with Gasteiger partial charge < -0.3 is 15.0 Å². The minimum atomic E-state index is -1.26. The normalized spacial score (nSPS) is 11.7. The summed E-state index contributed by atoms with van der Waals surface area (Å²) in [5.41, 5.74) is 2.28. The Bertz CT molecular complexity index is 728. The number of H-pyrrole nitrogens is 1. The zero-order chi connectivity index (χ0) is 15.9. The van der Waals surface area contributed by atoms with Gasteiger partial charge in [0, 0.05) is 18.0 Å². The second-order valence-corrected chi connectivity index (χ2v) is 5.88. The van der Waals surface area contributed by atoms with E-state index in [0.29, 0.717) is 5.69 Å². The fourth-order valence-electron chi connectivity index (χ4n) is 2.15. The van der Waals surface area contributed by atoms with Crippen molar-refractivity contribution in [2.24, 2.45) is 0 Å². The lowest BCUT2D eigenvalue weighted by Crippen LogP contribution is -2.50. The SMILES string of the molecule is Cc1ccc2[nH]c(C(=O)N(C)C(C)(C)C(=O)O)cc2c1C. The van der Waals surface area contributed by atoms with E-state index in [-0.39, 0.29) is 5.91 Å². The number of hydrogen-bond donors (Lipinski definition) is 2. The molecule has 5 heteroatoms. The molecule has 2 rings (SSSR count). The van der Waals surface area contributed by atoms with Crippen molar-refractivity contribution in [3.05, 3.63) is 35.0 Å². The van der Waals surface area contributed by atoms with Gasteiger partial charge in [-0.2, -0.15) is 0 Å². The summed E-state index contributed by atoms with van der Waals surface area (Å²) in [7, 11) is 1.50. The van der Waals surface area contributed by atoms with Crippen molar-refractivity contribution in [1.29, 1.82) is 0 Å². The lowest BCUT2D eigenvalue weighted by atomic mass is 10.0. The molecule has 2 aromatic rings. The molecule has 2 N–H and O–H groups in total. The number of nitrogens with one attached hydrogen (secondary N) is 1. The van der Waals surface area contributed by atoms with E-state index in [0.717, 1.165) is 22.0 Å². The third kappa shape index (κ3) is 2.39. The van der Waals surface area contributed by atoms with E-state index in [1.54, 1.807) is 6.07 Å². The van der Waals surface area contributed by atoms with Gasteiger partial charge >= 0.3 is 5.97 Å². The smallest absolute Gasteiger partial charge is 0.329 e. The molecule has 1 aromatic carbocycles. The van der Waals surface area contributed by atoms with E-state index in [9.17, 15) is 14.7 Å². The highest BCUT2D eigenvalue weighted by Gasteiger charge is 2.36. The molecule has 1 aromatic heterocycles. The minimum absolute atomic E-state index is 0.337. The predicted octanol–water partition coefficient (Wildman–Crippen LogP) is 2.72. The molecule has 5 nitrogen and oxygen atoms in total. The Morgan fingerprint density at radius 3 is 2.43 bits per heavy atom. The summed E-state index contributed by atoms with van der Waals surface area (Å²) < 4.78 is 0. The lowest BCUT2D eigenvalue weighted by molar-refractivity contribution is -0.147. The Balaban J connectivity index is 2.45. The maximum atomic E-state index is 12.5. The largest absolute Gasteiger partial charge is 0.480 e. The molecule has 1 heterocycles. The van der Waals surface area contributed by atoms with Crippen molar-refractivity contribution in [1.82, 2.24) is 9.88 Å². The molecular weight excluding hydrogens is 268 g/mol. The molecule has 0 saturated carbocycles. The minimum Gasteiger partial charge on any atom is -0.480 e. The van der Waals surface area contributed by atoms with Crippen LogP contribution in [0.2, 0.25) is 0 Å². The second kappa shape index (κ2) is 4.91. The van der Waals surface area contributed by atoms with Crippen LogP contribution in [-0.4, -0.2) is 39.5 Å². The third-order valence-corrected chi connectivity index (χ3v) is 4.24. The molecule has 0 spiro atoms. The number of aromatic amines is 1. The van der Waals surface area contributed by atoms with Gasteiger partial charge in [-0.05, 0) is 51.0 Å². The van der Waals surface area contributed by atoms with Crippen molar-refractivity contribution in [3.8, 4) is 0 Å². The van der Waals surface area contributed by atoms with Crippen LogP contribution in [0.15, 0.2) is 18.2 Å². The Kier molecular flexibility index (Phi) is 3.53. The number of amides is 1. The van der Waals surface area contributed by atoms with Gasteiger partial charge in [-0.25, -0.2) is 4.79 Å². The average Bonchev–Trinajstić information content (AvgIpc) is 2.86. The highest BCUT2D eigenvalue weighted by Crippen LogP contribution is 2.24.